The van der Waals surface area contributed by atoms with Gasteiger partial charge in [0, 0.05) is 19.6 Å². The van der Waals surface area contributed by atoms with Crippen LogP contribution in [0.1, 0.15) is 19.3 Å². The largest absolute Gasteiger partial charge is 0.338 e. The van der Waals surface area contributed by atoms with Gasteiger partial charge in [-0.05, 0) is 43.2 Å². The van der Waals surface area contributed by atoms with Crippen LogP contribution in [0.2, 0.25) is 0 Å². The van der Waals surface area contributed by atoms with Crippen molar-refractivity contribution in [3.05, 3.63) is 42.5 Å². The summed E-state index contributed by atoms with van der Waals surface area (Å²) in [6, 6.07) is 8.37. The monoisotopic (exact) mass is 348 g/mol. The van der Waals surface area contributed by atoms with Crippen LogP contribution in [0.25, 0.3) is 0 Å². The van der Waals surface area contributed by atoms with Crippen LogP contribution >= 0.6 is 0 Å². The van der Waals surface area contributed by atoms with Crippen molar-refractivity contribution < 1.29 is 13.2 Å². The second-order valence-corrected chi connectivity index (χ2v) is 8.69. The molecule has 0 unspecified atom stereocenters. The first-order valence-electron chi connectivity index (χ1n) is 8.52. The van der Waals surface area contributed by atoms with E-state index < -0.39 is 9.84 Å². The van der Waals surface area contributed by atoms with Crippen LogP contribution in [0, 0.1) is 11.8 Å². The molecule has 1 fully saturated rings. The maximum atomic E-state index is 12.2. The number of likely N-dealkylation sites (tertiary alicyclic amines) is 1. The number of rotatable bonds is 5. The summed E-state index contributed by atoms with van der Waals surface area (Å²) in [6.07, 6.45) is 6.95. The van der Waals surface area contributed by atoms with Crippen molar-refractivity contribution in [2.45, 2.75) is 24.2 Å². The van der Waals surface area contributed by atoms with Crippen molar-refractivity contribution in [3.63, 3.8) is 0 Å². The van der Waals surface area contributed by atoms with E-state index in [0.29, 0.717) is 29.7 Å². The van der Waals surface area contributed by atoms with E-state index in [9.17, 15) is 13.2 Å². The molecule has 130 valence electrons. The molecule has 0 aromatic heterocycles. The molecule has 5 nitrogen and oxygen atoms in total. The van der Waals surface area contributed by atoms with Crippen LogP contribution in [-0.4, -0.2) is 44.7 Å². The molecule has 6 heteroatoms. The highest BCUT2D eigenvalue weighted by atomic mass is 32.2. The number of amides is 2. The first-order chi connectivity index (χ1) is 11.6. The van der Waals surface area contributed by atoms with Crippen LogP contribution < -0.4 is 5.32 Å². The Hall–Kier alpha value is -1.82. The quantitative estimate of drug-likeness (QED) is 0.656. The predicted octanol–water partition coefficient (Wildman–Crippen LogP) is 2.46. The number of hydrogen-bond acceptors (Lipinski definition) is 3. The summed E-state index contributed by atoms with van der Waals surface area (Å²) >= 11 is 0. The highest BCUT2D eigenvalue weighted by Gasteiger charge is 2.34. The lowest BCUT2D eigenvalue weighted by molar-refractivity contribution is 0.206. The van der Waals surface area contributed by atoms with E-state index in [2.05, 4.69) is 17.5 Å². The van der Waals surface area contributed by atoms with Crippen LogP contribution in [0.15, 0.2) is 47.4 Å². The third-order valence-electron chi connectivity index (χ3n) is 4.88. The third kappa shape index (κ3) is 3.98. The summed E-state index contributed by atoms with van der Waals surface area (Å²) in [5, 5.41) is 2.86. The number of hydrogen-bond donors (Lipinski definition) is 1. The van der Waals surface area contributed by atoms with Crippen LogP contribution in [0.4, 0.5) is 4.79 Å². The zero-order chi connectivity index (χ0) is 17.0. The molecule has 1 saturated heterocycles. The van der Waals surface area contributed by atoms with Crippen LogP contribution in [0.3, 0.4) is 0 Å². The molecule has 1 aromatic rings. The molecule has 2 aliphatic rings. The predicted molar refractivity (Wildman–Crippen MR) is 93.4 cm³/mol. The number of nitrogens with zero attached hydrogens (tertiary/aromatic N) is 1. The minimum atomic E-state index is -3.27. The van der Waals surface area contributed by atoms with Crippen molar-refractivity contribution >= 4 is 15.9 Å². The Kier molecular flexibility index (Phi) is 5.23. The van der Waals surface area contributed by atoms with Crippen LogP contribution in [-0.2, 0) is 9.84 Å². The number of urea groups is 1. The summed E-state index contributed by atoms with van der Waals surface area (Å²) in [6.45, 7) is 2.00. The normalized spacial score (nSPS) is 23.1. The fourth-order valence-corrected chi connectivity index (χ4v) is 4.83. The molecular weight excluding hydrogens is 324 g/mol. The van der Waals surface area contributed by atoms with Gasteiger partial charge in [0.25, 0.3) is 0 Å². The lowest BCUT2D eigenvalue weighted by Gasteiger charge is -2.17. The number of sulfone groups is 1. The van der Waals surface area contributed by atoms with E-state index in [1.807, 2.05) is 4.90 Å². The molecule has 0 spiro atoms. The molecule has 1 N–H and O–H groups in total. The molecule has 3 rings (SSSR count). The second kappa shape index (κ2) is 7.38. The van der Waals surface area contributed by atoms with Gasteiger partial charge in [-0.15, -0.1) is 0 Å². The van der Waals surface area contributed by atoms with Gasteiger partial charge in [-0.2, -0.15) is 0 Å². The van der Waals surface area contributed by atoms with Gasteiger partial charge >= 0.3 is 6.03 Å². The number of nitrogens with one attached hydrogen (secondary N) is 1. The molecule has 0 radical (unpaired) electrons. The highest BCUT2D eigenvalue weighted by molar-refractivity contribution is 7.91. The number of allylic oxidation sites excluding steroid dienone is 2. The average molecular weight is 348 g/mol. The third-order valence-corrected chi connectivity index (χ3v) is 6.69. The standard InChI is InChI=1S/C18H24N2O3S/c21-18(20-13-15-7-4-5-8-16(15)14-20)19-11-6-12-24(22,23)17-9-2-1-3-10-17/h1-5,9-10,15-16H,6-8,11-14H2,(H,19,21)/t15-,16-/m1/s1. The first-order valence-corrected chi connectivity index (χ1v) is 10.2. The molecule has 1 aliphatic heterocycles. The van der Waals surface area contributed by atoms with E-state index in [-0.39, 0.29) is 11.8 Å². The first kappa shape index (κ1) is 17.0. The maximum absolute atomic E-state index is 12.2. The summed E-state index contributed by atoms with van der Waals surface area (Å²) in [5.74, 6) is 1.21. The van der Waals surface area contributed by atoms with Crippen molar-refractivity contribution in [2.24, 2.45) is 11.8 Å². The topological polar surface area (TPSA) is 66.5 Å². The van der Waals surface area contributed by atoms with E-state index in [0.717, 1.165) is 25.9 Å². The van der Waals surface area contributed by atoms with Gasteiger partial charge in [0.2, 0.25) is 0 Å². The zero-order valence-electron chi connectivity index (χ0n) is 13.7. The number of carbonyl (C=O) groups excluding carboxylic acids is 1. The van der Waals surface area contributed by atoms with Gasteiger partial charge in [-0.1, -0.05) is 30.4 Å². The Bertz CT molecular complexity index is 684. The summed E-state index contributed by atoms with van der Waals surface area (Å²) in [7, 11) is -3.27. The van der Waals surface area contributed by atoms with E-state index in [4.69, 9.17) is 0 Å². The van der Waals surface area contributed by atoms with E-state index in [1.165, 1.54) is 0 Å². The van der Waals surface area contributed by atoms with Gasteiger partial charge in [0.1, 0.15) is 0 Å². The summed E-state index contributed by atoms with van der Waals surface area (Å²) in [4.78, 5) is 14.4. The molecule has 0 bridgehead atoms. The molecule has 24 heavy (non-hydrogen) atoms. The lowest BCUT2D eigenvalue weighted by Crippen LogP contribution is -2.39. The molecule has 1 heterocycles. The Labute approximate surface area is 143 Å². The Balaban J connectivity index is 1.41. The fourth-order valence-electron chi connectivity index (χ4n) is 3.50. The Morgan fingerprint density at radius 2 is 1.71 bits per heavy atom. The van der Waals surface area contributed by atoms with Gasteiger partial charge in [-0.25, -0.2) is 13.2 Å². The molecule has 2 amide bonds. The van der Waals surface area contributed by atoms with Crippen molar-refractivity contribution in [1.82, 2.24) is 10.2 Å². The maximum Gasteiger partial charge on any atom is 0.317 e. The van der Waals surface area contributed by atoms with Gasteiger partial charge in [0.05, 0.1) is 10.6 Å². The smallest absolute Gasteiger partial charge is 0.317 e. The Morgan fingerprint density at radius 1 is 1.08 bits per heavy atom. The molecule has 1 aromatic carbocycles. The molecule has 2 atom stereocenters. The number of benzene rings is 1. The number of fused-ring (bicyclic) bond motifs is 1. The SMILES string of the molecule is O=C(NCCCS(=O)(=O)c1ccccc1)N1C[C@H]2CC=CC[C@@H]2C1. The van der Waals surface area contributed by atoms with E-state index in [1.54, 1.807) is 30.3 Å². The van der Waals surface area contributed by atoms with Crippen molar-refractivity contribution in [2.75, 3.05) is 25.4 Å². The molecule has 0 saturated carbocycles. The Morgan fingerprint density at radius 3 is 2.33 bits per heavy atom. The summed E-state index contributed by atoms with van der Waals surface area (Å²) < 4.78 is 24.3. The highest BCUT2D eigenvalue weighted by Crippen LogP contribution is 2.32. The average Bonchev–Trinajstić information content (AvgIpc) is 3.03. The van der Waals surface area contributed by atoms with Crippen LogP contribution in [0.5, 0.6) is 0 Å². The van der Waals surface area contributed by atoms with Gasteiger partial charge in [-0.3, -0.25) is 0 Å². The van der Waals surface area contributed by atoms with Gasteiger partial charge < -0.3 is 10.2 Å². The minimum absolute atomic E-state index is 0.0481. The lowest BCUT2D eigenvalue weighted by atomic mass is 9.86. The summed E-state index contributed by atoms with van der Waals surface area (Å²) in [5.41, 5.74) is 0. The second-order valence-electron chi connectivity index (χ2n) is 6.59. The van der Waals surface area contributed by atoms with Crippen molar-refractivity contribution in [3.8, 4) is 0 Å². The molecule has 1 aliphatic carbocycles. The van der Waals surface area contributed by atoms with E-state index >= 15 is 0 Å². The zero-order valence-corrected chi connectivity index (χ0v) is 14.5. The minimum Gasteiger partial charge on any atom is -0.338 e. The molecular formula is C18H24N2O3S. The van der Waals surface area contributed by atoms with Crippen molar-refractivity contribution in [1.29, 1.82) is 0 Å². The number of carbonyl (C=O) groups is 1. The fraction of sp³-hybridized carbons (Fsp3) is 0.500. The van der Waals surface area contributed by atoms with Gasteiger partial charge in [0.15, 0.2) is 9.84 Å².